The molecule has 20 heavy (non-hydrogen) atoms. The molecule has 0 aliphatic rings. The fourth-order valence-electron chi connectivity index (χ4n) is 1.48. The fraction of sp³-hybridized carbons (Fsp3) is 0.308. The smallest absolute Gasteiger partial charge is 0.326 e. The van der Waals surface area contributed by atoms with Gasteiger partial charge in [0, 0.05) is 12.0 Å². The highest BCUT2D eigenvalue weighted by molar-refractivity contribution is 5.96. The number of hydrogen-bond acceptors (Lipinski definition) is 5. The number of aromatic hydroxyl groups is 1. The van der Waals surface area contributed by atoms with Crippen molar-refractivity contribution in [3.8, 4) is 5.75 Å². The van der Waals surface area contributed by atoms with Crippen LogP contribution in [0.1, 0.15) is 23.2 Å². The van der Waals surface area contributed by atoms with Gasteiger partial charge >= 0.3 is 11.9 Å². The first kappa shape index (κ1) is 15.5. The fourth-order valence-corrected chi connectivity index (χ4v) is 1.48. The van der Waals surface area contributed by atoms with Crippen molar-refractivity contribution in [2.45, 2.75) is 18.9 Å². The van der Waals surface area contributed by atoms with Gasteiger partial charge in [0.1, 0.15) is 11.8 Å². The van der Waals surface area contributed by atoms with E-state index in [9.17, 15) is 14.4 Å². The van der Waals surface area contributed by atoms with E-state index < -0.39 is 23.9 Å². The average molecular weight is 281 g/mol. The molecular weight excluding hydrogens is 266 g/mol. The van der Waals surface area contributed by atoms with Crippen molar-refractivity contribution >= 4 is 17.8 Å². The molecule has 1 aromatic rings. The highest BCUT2D eigenvalue weighted by Gasteiger charge is 2.21. The lowest BCUT2D eigenvalue weighted by Crippen LogP contribution is -2.41. The number of carboxylic acids is 1. The quantitative estimate of drug-likeness (QED) is 0.655. The van der Waals surface area contributed by atoms with Crippen molar-refractivity contribution in [1.82, 2.24) is 5.32 Å². The number of methoxy groups -OCH3 is 1. The maximum Gasteiger partial charge on any atom is 0.326 e. The van der Waals surface area contributed by atoms with Crippen molar-refractivity contribution in [2.24, 2.45) is 0 Å². The lowest BCUT2D eigenvalue weighted by molar-refractivity contribution is -0.142. The first-order valence-electron chi connectivity index (χ1n) is 5.83. The number of nitrogens with one attached hydrogen (secondary N) is 1. The molecule has 1 atom stereocenters. The molecule has 0 aliphatic heterocycles. The summed E-state index contributed by atoms with van der Waals surface area (Å²) >= 11 is 0. The summed E-state index contributed by atoms with van der Waals surface area (Å²) in [6.45, 7) is 0. The summed E-state index contributed by atoms with van der Waals surface area (Å²) in [6, 6.07) is 4.18. The van der Waals surface area contributed by atoms with Crippen LogP contribution >= 0.6 is 0 Å². The van der Waals surface area contributed by atoms with E-state index in [0.717, 1.165) is 0 Å². The van der Waals surface area contributed by atoms with Gasteiger partial charge in [-0.05, 0) is 30.7 Å². The van der Waals surface area contributed by atoms with Gasteiger partial charge in [-0.15, -0.1) is 0 Å². The molecule has 0 heterocycles. The van der Waals surface area contributed by atoms with Gasteiger partial charge in [0.05, 0.1) is 7.11 Å². The van der Waals surface area contributed by atoms with Crippen molar-refractivity contribution in [3.05, 3.63) is 29.8 Å². The number of rotatable bonds is 6. The van der Waals surface area contributed by atoms with E-state index in [4.69, 9.17) is 10.2 Å². The maximum atomic E-state index is 11.8. The van der Waals surface area contributed by atoms with Crippen molar-refractivity contribution in [2.75, 3.05) is 7.11 Å². The monoisotopic (exact) mass is 281 g/mol. The van der Waals surface area contributed by atoms with E-state index in [1.165, 1.54) is 31.4 Å². The Labute approximate surface area is 115 Å². The van der Waals surface area contributed by atoms with Crippen molar-refractivity contribution in [3.63, 3.8) is 0 Å². The Morgan fingerprint density at radius 1 is 1.25 bits per heavy atom. The molecule has 0 saturated carbocycles. The van der Waals surface area contributed by atoms with Crippen LogP contribution in [0.25, 0.3) is 0 Å². The second kappa shape index (κ2) is 7.13. The molecule has 1 amide bonds. The van der Waals surface area contributed by atoms with Crippen LogP contribution in [-0.4, -0.2) is 41.2 Å². The third-order valence-electron chi connectivity index (χ3n) is 2.60. The number of phenolic OH excluding ortho intramolecular Hbond substituents is 1. The van der Waals surface area contributed by atoms with Gasteiger partial charge in [-0.1, -0.05) is 0 Å². The van der Waals surface area contributed by atoms with E-state index in [2.05, 4.69) is 10.1 Å². The third kappa shape index (κ3) is 4.60. The number of amides is 1. The summed E-state index contributed by atoms with van der Waals surface area (Å²) in [4.78, 5) is 33.8. The summed E-state index contributed by atoms with van der Waals surface area (Å²) in [5.41, 5.74) is 0.215. The lowest BCUT2D eigenvalue weighted by Gasteiger charge is -2.13. The minimum absolute atomic E-state index is 0.00188. The zero-order valence-electron chi connectivity index (χ0n) is 10.8. The number of benzene rings is 1. The van der Waals surface area contributed by atoms with Gasteiger partial charge in [0.25, 0.3) is 5.91 Å². The number of phenols is 1. The molecule has 0 aromatic heterocycles. The number of aliphatic carboxylic acids is 1. The molecule has 0 saturated heterocycles. The standard InChI is InChI=1S/C13H15NO6/c1-20-11(16)7-6-10(13(18)19)14-12(17)8-2-4-9(15)5-3-8/h2-5,10,15H,6-7H2,1H3,(H,14,17)(H,18,19). The minimum atomic E-state index is -1.24. The van der Waals surface area contributed by atoms with Gasteiger partial charge in [0.15, 0.2) is 0 Å². The maximum absolute atomic E-state index is 11.8. The Hall–Kier alpha value is -2.57. The highest BCUT2D eigenvalue weighted by atomic mass is 16.5. The normalized spacial score (nSPS) is 11.4. The predicted molar refractivity (Wildman–Crippen MR) is 68.2 cm³/mol. The first-order chi connectivity index (χ1) is 9.43. The van der Waals surface area contributed by atoms with Crippen LogP contribution in [0, 0.1) is 0 Å². The topological polar surface area (TPSA) is 113 Å². The van der Waals surface area contributed by atoms with Crippen LogP contribution in [0.4, 0.5) is 0 Å². The Kier molecular flexibility index (Phi) is 5.52. The largest absolute Gasteiger partial charge is 0.508 e. The molecule has 7 heteroatoms. The number of ether oxygens (including phenoxy) is 1. The molecule has 3 N–H and O–H groups in total. The van der Waals surface area contributed by atoms with E-state index in [-0.39, 0.29) is 24.2 Å². The van der Waals surface area contributed by atoms with Gasteiger partial charge in [-0.25, -0.2) is 4.79 Å². The van der Waals surface area contributed by atoms with Crippen LogP contribution < -0.4 is 5.32 Å². The van der Waals surface area contributed by atoms with Crippen LogP contribution in [0.5, 0.6) is 5.75 Å². The molecule has 0 aliphatic carbocycles. The second-order valence-electron chi connectivity index (χ2n) is 4.03. The van der Waals surface area contributed by atoms with Gasteiger partial charge in [-0.3, -0.25) is 9.59 Å². The first-order valence-corrected chi connectivity index (χ1v) is 5.83. The van der Waals surface area contributed by atoms with Crippen LogP contribution in [0.2, 0.25) is 0 Å². The predicted octanol–water partition coefficient (Wildman–Crippen LogP) is 0.528. The molecule has 0 bridgehead atoms. The summed E-state index contributed by atoms with van der Waals surface area (Å²) in [5.74, 6) is -2.37. The summed E-state index contributed by atoms with van der Waals surface area (Å²) < 4.78 is 4.41. The summed E-state index contributed by atoms with van der Waals surface area (Å²) in [6.07, 6.45) is -0.171. The molecule has 7 nitrogen and oxygen atoms in total. The Morgan fingerprint density at radius 3 is 2.35 bits per heavy atom. The van der Waals surface area contributed by atoms with Crippen LogP contribution in [0.3, 0.4) is 0 Å². The summed E-state index contributed by atoms with van der Waals surface area (Å²) in [7, 11) is 1.20. The molecule has 0 spiro atoms. The molecular formula is C13H15NO6. The molecule has 1 aromatic carbocycles. The number of hydrogen-bond donors (Lipinski definition) is 3. The number of carboxylic acid groups (broad SMARTS) is 1. The van der Waals surface area contributed by atoms with Crippen molar-refractivity contribution < 1.29 is 29.3 Å². The van der Waals surface area contributed by atoms with Crippen LogP contribution in [0.15, 0.2) is 24.3 Å². The van der Waals surface area contributed by atoms with Gasteiger partial charge in [-0.2, -0.15) is 0 Å². The van der Waals surface area contributed by atoms with E-state index in [0.29, 0.717) is 0 Å². The van der Waals surface area contributed by atoms with E-state index >= 15 is 0 Å². The summed E-state index contributed by atoms with van der Waals surface area (Å²) in [5, 5.41) is 20.4. The molecule has 0 radical (unpaired) electrons. The Bertz CT molecular complexity index is 496. The van der Waals surface area contributed by atoms with Crippen LogP contribution in [-0.2, 0) is 14.3 Å². The number of carbonyl (C=O) groups excluding carboxylic acids is 2. The van der Waals surface area contributed by atoms with E-state index in [1.54, 1.807) is 0 Å². The Morgan fingerprint density at radius 2 is 1.85 bits per heavy atom. The zero-order chi connectivity index (χ0) is 15.1. The van der Waals surface area contributed by atoms with Crippen molar-refractivity contribution in [1.29, 1.82) is 0 Å². The van der Waals surface area contributed by atoms with Gasteiger partial charge < -0.3 is 20.3 Å². The molecule has 1 rings (SSSR count). The lowest BCUT2D eigenvalue weighted by atomic mass is 10.1. The average Bonchev–Trinajstić information content (AvgIpc) is 2.43. The molecule has 1 unspecified atom stereocenters. The molecule has 108 valence electrons. The Balaban J connectivity index is 2.65. The minimum Gasteiger partial charge on any atom is -0.508 e. The SMILES string of the molecule is COC(=O)CCC(NC(=O)c1ccc(O)cc1)C(=O)O. The third-order valence-corrected chi connectivity index (χ3v) is 2.60. The van der Waals surface area contributed by atoms with Gasteiger partial charge in [0.2, 0.25) is 0 Å². The zero-order valence-corrected chi connectivity index (χ0v) is 10.8. The highest BCUT2D eigenvalue weighted by Crippen LogP contribution is 2.10. The number of esters is 1. The second-order valence-corrected chi connectivity index (χ2v) is 4.03. The van der Waals surface area contributed by atoms with E-state index in [1.807, 2.05) is 0 Å². The number of carbonyl (C=O) groups is 3. The molecule has 0 fully saturated rings.